The van der Waals surface area contributed by atoms with Gasteiger partial charge in [-0.25, -0.2) is 4.98 Å². The molecule has 1 atom stereocenters. The zero-order valence-corrected chi connectivity index (χ0v) is 14.6. The molecule has 0 bridgehead atoms. The summed E-state index contributed by atoms with van der Waals surface area (Å²) in [6.07, 6.45) is 3.71. The van der Waals surface area contributed by atoms with Crippen LogP contribution in [-0.4, -0.2) is 29.0 Å². The van der Waals surface area contributed by atoms with Crippen molar-refractivity contribution in [1.82, 2.24) is 15.3 Å². The van der Waals surface area contributed by atoms with Crippen LogP contribution in [0.15, 0.2) is 60.8 Å². The Bertz CT molecular complexity index is 897. The molecule has 0 radical (unpaired) electrons. The highest BCUT2D eigenvalue weighted by molar-refractivity contribution is 5.80. The van der Waals surface area contributed by atoms with Crippen molar-refractivity contribution >= 4 is 22.8 Å². The van der Waals surface area contributed by atoms with E-state index in [1.807, 2.05) is 60.8 Å². The van der Waals surface area contributed by atoms with E-state index in [9.17, 15) is 4.79 Å². The molecule has 0 aliphatic carbocycles. The number of nitrogens with one attached hydrogen (secondary N) is 1. The van der Waals surface area contributed by atoms with Gasteiger partial charge in [0.05, 0.1) is 23.1 Å². The number of carbonyl (C=O) groups excluding carboxylic acids is 1. The van der Waals surface area contributed by atoms with Gasteiger partial charge in [-0.1, -0.05) is 42.5 Å². The Balaban J connectivity index is 1.42. The van der Waals surface area contributed by atoms with Crippen LogP contribution in [0, 0.1) is 5.92 Å². The number of amides is 1. The van der Waals surface area contributed by atoms with Crippen LogP contribution in [0.5, 0.6) is 0 Å². The highest BCUT2D eigenvalue weighted by Crippen LogP contribution is 2.23. The molecule has 2 aromatic carbocycles. The Kier molecular flexibility index (Phi) is 4.78. The van der Waals surface area contributed by atoms with E-state index in [1.165, 1.54) is 0 Å². The Morgan fingerprint density at radius 3 is 2.69 bits per heavy atom. The zero-order valence-electron chi connectivity index (χ0n) is 14.6. The predicted molar refractivity (Wildman–Crippen MR) is 103 cm³/mol. The van der Waals surface area contributed by atoms with Crippen LogP contribution < -0.4 is 10.2 Å². The first kappa shape index (κ1) is 16.5. The van der Waals surface area contributed by atoms with Crippen LogP contribution >= 0.6 is 0 Å². The highest BCUT2D eigenvalue weighted by Gasteiger charge is 2.26. The van der Waals surface area contributed by atoms with Crippen molar-refractivity contribution in [3.8, 4) is 0 Å². The molecule has 132 valence electrons. The fraction of sp³-hybridized carbons (Fsp3) is 0.286. The molecule has 1 fully saturated rings. The van der Waals surface area contributed by atoms with Gasteiger partial charge in [-0.15, -0.1) is 0 Å². The SMILES string of the molecule is O=C(NCc1ccccc1)[C@H]1CCCN(c2cnc3ccccc3n2)C1. The van der Waals surface area contributed by atoms with Gasteiger partial charge in [0.1, 0.15) is 5.82 Å². The molecule has 3 aromatic rings. The van der Waals surface area contributed by atoms with Gasteiger partial charge in [-0.2, -0.15) is 0 Å². The lowest BCUT2D eigenvalue weighted by atomic mass is 9.97. The fourth-order valence-electron chi connectivity index (χ4n) is 3.43. The first-order valence-electron chi connectivity index (χ1n) is 9.08. The summed E-state index contributed by atoms with van der Waals surface area (Å²) in [5, 5.41) is 3.07. The summed E-state index contributed by atoms with van der Waals surface area (Å²) in [7, 11) is 0. The van der Waals surface area contributed by atoms with Crippen LogP contribution in [-0.2, 0) is 11.3 Å². The summed E-state index contributed by atoms with van der Waals surface area (Å²) < 4.78 is 0. The number of rotatable bonds is 4. The third kappa shape index (κ3) is 3.67. The van der Waals surface area contributed by atoms with E-state index in [0.29, 0.717) is 13.1 Å². The Hall–Kier alpha value is -2.95. The van der Waals surface area contributed by atoms with Crippen LogP contribution in [0.25, 0.3) is 11.0 Å². The lowest BCUT2D eigenvalue weighted by molar-refractivity contribution is -0.125. The average Bonchev–Trinajstić information content (AvgIpc) is 2.72. The average molecular weight is 346 g/mol. The third-order valence-electron chi connectivity index (χ3n) is 4.86. The monoisotopic (exact) mass is 346 g/mol. The molecule has 5 heteroatoms. The highest BCUT2D eigenvalue weighted by atomic mass is 16.1. The largest absolute Gasteiger partial charge is 0.355 e. The van der Waals surface area contributed by atoms with Crippen molar-refractivity contribution in [2.24, 2.45) is 5.92 Å². The number of hydrogen-bond donors (Lipinski definition) is 1. The molecule has 1 saturated heterocycles. The minimum Gasteiger partial charge on any atom is -0.355 e. The second-order valence-corrected chi connectivity index (χ2v) is 6.71. The first-order chi connectivity index (χ1) is 12.8. The Morgan fingerprint density at radius 2 is 1.85 bits per heavy atom. The molecule has 1 aliphatic rings. The van der Waals surface area contributed by atoms with Crippen molar-refractivity contribution in [3.63, 3.8) is 0 Å². The van der Waals surface area contributed by atoms with Gasteiger partial charge in [-0.05, 0) is 30.5 Å². The third-order valence-corrected chi connectivity index (χ3v) is 4.86. The smallest absolute Gasteiger partial charge is 0.225 e. The number of para-hydroxylation sites is 2. The summed E-state index contributed by atoms with van der Waals surface area (Å²) in [5.41, 5.74) is 2.90. The van der Waals surface area contributed by atoms with Gasteiger partial charge in [0.15, 0.2) is 0 Å². The van der Waals surface area contributed by atoms with E-state index in [2.05, 4.69) is 15.2 Å². The summed E-state index contributed by atoms with van der Waals surface area (Å²) >= 11 is 0. The number of piperidine rings is 1. The maximum absolute atomic E-state index is 12.6. The minimum absolute atomic E-state index is 0.0132. The van der Waals surface area contributed by atoms with Gasteiger partial charge in [0.25, 0.3) is 0 Å². The lowest BCUT2D eigenvalue weighted by Crippen LogP contribution is -2.43. The fourth-order valence-corrected chi connectivity index (χ4v) is 3.43. The number of carbonyl (C=O) groups is 1. The summed E-state index contributed by atoms with van der Waals surface area (Å²) in [6, 6.07) is 17.9. The molecule has 1 N–H and O–H groups in total. The zero-order chi connectivity index (χ0) is 17.8. The van der Waals surface area contributed by atoms with Gasteiger partial charge in [0, 0.05) is 19.6 Å². The number of nitrogens with zero attached hydrogens (tertiary/aromatic N) is 3. The summed E-state index contributed by atoms with van der Waals surface area (Å²) in [4.78, 5) is 24.0. The van der Waals surface area contributed by atoms with Gasteiger partial charge in [0.2, 0.25) is 5.91 Å². The molecule has 0 unspecified atom stereocenters. The molecule has 0 saturated carbocycles. The number of anilines is 1. The molecular weight excluding hydrogens is 324 g/mol. The lowest BCUT2D eigenvalue weighted by Gasteiger charge is -2.32. The molecule has 1 amide bonds. The maximum Gasteiger partial charge on any atom is 0.225 e. The van der Waals surface area contributed by atoms with E-state index in [0.717, 1.165) is 41.8 Å². The van der Waals surface area contributed by atoms with Gasteiger partial charge >= 0.3 is 0 Å². The van der Waals surface area contributed by atoms with Crippen molar-refractivity contribution in [2.45, 2.75) is 19.4 Å². The molecule has 26 heavy (non-hydrogen) atoms. The van der Waals surface area contributed by atoms with Crippen LogP contribution in [0.1, 0.15) is 18.4 Å². The normalized spacial score (nSPS) is 17.2. The molecule has 5 nitrogen and oxygen atoms in total. The summed E-state index contributed by atoms with van der Waals surface area (Å²) in [6.45, 7) is 2.18. The Morgan fingerprint density at radius 1 is 1.08 bits per heavy atom. The van der Waals surface area contributed by atoms with E-state index in [1.54, 1.807) is 0 Å². The molecule has 1 aromatic heterocycles. The van der Waals surface area contributed by atoms with Crippen molar-refractivity contribution in [1.29, 1.82) is 0 Å². The van der Waals surface area contributed by atoms with Crippen LogP contribution in [0.2, 0.25) is 0 Å². The summed E-state index contributed by atoms with van der Waals surface area (Å²) in [5.74, 6) is 0.956. The van der Waals surface area contributed by atoms with E-state index in [4.69, 9.17) is 4.98 Å². The van der Waals surface area contributed by atoms with Crippen molar-refractivity contribution in [2.75, 3.05) is 18.0 Å². The number of benzene rings is 2. The quantitative estimate of drug-likeness (QED) is 0.788. The molecule has 2 heterocycles. The van der Waals surface area contributed by atoms with Gasteiger partial charge in [-0.3, -0.25) is 9.78 Å². The second kappa shape index (κ2) is 7.52. The standard InChI is InChI=1S/C21H22N4O/c26-21(23-13-16-7-2-1-3-8-16)17-9-6-12-25(15-17)20-14-22-18-10-4-5-11-19(18)24-20/h1-5,7-8,10-11,14,17H,6,9,12-13,15H2,(H,23,26)/t17-/m0/s1. The molecular formula is C21H22N4O. The van der Waals surface area contributed by atoms with E-state index in [-0.39, 0.29) is 11.8 Å². The predicted octanol–water partition coefficient (Wildman–Crippen LogP) is 3.16. The molecule has 1 aliphatic heterocycles. The van der Waals surface area contributed by atoms with E-state index >= 15 is 0 Å². The van der Waals surface area contributed by atoms with Gasteiger partial charge < -0.3 is 10.2 Å². The minimum atomic E-state index is -0.0132. The number of hydrogen-bond acceptors (Lipinski definition) is 4. The van der Waals surface area contributed by atoms with E-state index < -0.39 is 0 Å². The first-order valence-corrected chi connectivity index (χ1v) is 9.08. The van der Waals surface area contributed by atoms with Crippen molar-refractivity contribution in [3.05, 3.63) is 66.4 Å². The van der Waals surface area contributed by atoms with Crippen LogP contribution in [0.3, 0.4) is 0 Å². The topological polar surface area (TPSA) is 58.1 Å². The number of aromatic nitrogens is 2. The Labute approximate surface area is 153 Å². The number of fused-ring (bicyclic) bond motifs is 1. The van der Waals surface area contributed by atoms with Crippen molar-refractivity contribution < 1.29 is 4.79 Å². The second-order valence-electron chi connectivity index (χ2n) is 6.71. The van der Waals surface area contributed by atoms with Crippen LogP contribution in [0.4, 0.5) is 5.82 Å². The molecule has 0 spiro atoms. The molecule has 4 rings (SSSR count). The maximum atomic E-state index is 12.6.